The Kier molecular flexibility index (Phi) is 1.22. The Balaban J connectivity index is 2.09. The van der Waals surface area contributed by atoms with Gasteiger partial charge in [0.15, 0.2) is 11.5 Å². The lowest BCUT2D eigenvalue weighted by molar-refractivity contribution is 0.110. The molecule has 3 heterocycles. The summed E-state index contributed by atoms with van der Waals surface area (Å²) in [6.45, 7) is 0. The van der Waals surface area contributed by atoms with Crippen molar-refractivity contribution in [2.24, 2.45) is 4.99 Å². The van der Waals surface area contributed by atoms with Crippen molar-refractivity contribution in [3.05, 3.63) is 47.6 Å². The second-order valence-electron chi connectivity index (χ2n) is 2.86. The van der Waals surface area contributed by atoms with Crippen molar-refractivity contribution in [2.75, 3.05) is 0 Å². The fraction of sp³-hybridized carbons (Fsp3) is 0.100. The van der Waals surface area contributed by atoms with Crippen LogP contribution in [0.4, 0.5) is 0 Å². The van der Waals surface area contributed by atoms with E-state index in [1.807, 2.05) is 30.4 Å². The summed E-state index contributed by atoms with van der Waals surface area (Å²) in [5.41, 5.74) is 0.821. The fourth-order valence-corrected chi connectivity index (χ4v) is 1.30. The number of aliphatic imine (C=N–C) groups is 1. The van der Waals surface area contributed by atoms with E-state index in [1.165, 1.54) is 0 Å². The number of rotatable bonds is 0. The lowest BCUT2D eigenvalue weighted by atomic mass is 10.3. The molecule has 1 unspecified atom stereocenters. The van der Waals surface area contributed by atoms with Gasteiger partial charge in [0.1, 0.15) is 0 Å². The van der Waals surface area contributed by atoms with Gasteiger partial charge < -0.3 is 9.47 Å². The van der Waals surface area contributed by atoms with Crippen molar-refractivity contribution >= 4 is 6.21 Å². The summed E-state index contributed by atoms with van der Waals surface area (Å²) in [5, 5.41) is 0. The summed E-state index contributed by atoms with van der Waals surface area (Å²) >= 11 is 0. The van der Waals surface area contributed by atoms with Crippen molar-refractivity contribution in [1.82, 2.24) is 0 Å². The summed E-state index contributed by atoms with van der Waals surface area (Å²) < 4.78 is 10.5. The minimum Gasteiger partial charge on any atom is -0.445 e. The van der Waals surface area contributed by atoms with E-state index in [1.54, 1.807) is 6.21 Å². The number of hydrogen-bond acceptors (Lipinski definition) is 3. The van der Waals surface area contributed by atoms with Gasteiger partial charge in [0.2, 0.25) is 5.76 Å². The minimum absolute atomic E-state index is 0.157. The molecule has 1 saturated heterocycles. The molecule has 1 atom stereocenters. The van der Waals surface area contributed by atoms with Gasteiger partial charge in [-0.05, 0) is 12.2 Å². The van der Waals surface area contributed by atoms with Gasteiger partial charge in [-0.3, -0.25) is 0 Å². The maximum atomic E-state index is 5.40. The Bertz CT molecular complexity index is 399. The third-order valence-corrected chi connectivity index (χ3v) is 1.96. The zero-order valence-electron chi connectivity index (χ0n) is 6.81. The molecule has 3 rings (SSSR count). The quantitative estimate of drug-likeness (QED) is 0.522. The molecule has 3 aliphatic heterocycles. The van der Waals surface area contributed by atoms with E-state index < -0.39 is 0 Å². The molecule has 0 amide bonds. The van der Waals surface area contributed by atoms with Gasteiger partial charge in [0, 0.05) is 6.21 Å². The Hall–Kier alpha value is -1.77. The summed E-state index contributed by atoms with van der Waals surface area (Å²) in [5.74, 6) is 1.65. The molecule has 1 fully saturated rings. The number of hydrogen-bond donors (Lipinski definition) is 0. The zero-order valence-corrected chi connectivity index (χ0v) is 6.81. The fourth-order valence-electron chi connectivity index (χ4n) is 1.30. The molecular weight excluding hydrogens is 166 g/mol. The predicted molar refractivity (Wildman–Crippen MR) is 47.8 cm³/mol. The monoisotopic (exact) mass is 173 g/mol. The molecular formula is C10H7NO2. The maximum Gasteiger partial charge on any atom is 0.302 e. The number of epoxide rings is 1. The first kappa shape index (κ1) is 6.71. The first-order chi connectivity index (χ1) is 6.45. The van der Waals surface area contributed by atoms with E-state index in [9.17, 15) is 0 Å². The summed E-state index contributed by atoms with van der Waals surface area (Å²) in [6.07, 6.45) is 11.1. The highest BCUT2D eigenvalue weighted by molar-refractivity contribution is 5.74. The van der Waals surface area contributed by atoms with Gasteiger partial charge in [-0.1, -0.05) is 18.2 Å². The lowest BCUT2D eigenvalue weighted by Crippen LogP contribution is -1.90. The van der Waals surface area contributed by atoms with Gasteiger partial charge in [-0.15, -0.1) is 0 Å². The van der Waals surface area contributed by atoms with Crippen LogP contribution < -0.4 is 0 Å². The van der Waals surface area contributed by atoms with Crippen molar-refractivity contribution in [1.29, 1.82) is 0 Å². The zero-order chi connectivity index (χ0) is 8.67. The molecule has 13 heavy (non-hydrogen) atoms. The number of fused-ring (bicyclic) bond motifs is 2. The minimum atomic E-state index is -0.157. The maximum absolute atomic E-state index is 5.40. The van der Waals surface area contributed by atoms with Crippen LogP contribution in [0.1, 0.15) is 0 Å². The third kappa shape index (κ3) is 1.01. The van der Waals surface area contributed by atoms with Crippen LogP contribution in [0.2, 0.25) is 0 Å². The van der Waals surface area contributed by atoms with E-state index in [2.05, 4.69) is 4.99 Å². The summed E-state index contributed by atoms with van der Waals surface area (Å²) in [4.78, 5) is 4.24. The molecule has 0 aromatic rings. The van der Waals surface area contributed by atoms with E-state index in [-0.39, 0.29) is 6.29 Å². The highest BCUT2D eigenvalue weighted by Crippen LogP contribution is 2.44. The Morgan fingerprint density at radius 1 is 1.08 bits per heavy atom. The Morgan fingerprint density at radius 3 is 3.00 bits per heavy atom. The van der Waals surface area contributed by atoms with E-state index in [4.69, 9.17) is 9.47 Å². The van der Waals surface area contributed by atoms with Gasteiger partial charge >= 0.3 is 6.29 Å². The SMILES string of the molecule is C1=NC2=C3OC3O/C2=C/C=C\C=C/1. The molecule has 3 heteroatoms. The largest absolute Gasteiger partial charge is 0.445 e. The van der Waals surface area contributed by atoms with Crippen LogP contribution in [0, 0.1) is 0 Å². The molecule has 0 saturated carbocycles. The number of nitrogens with zero attached hydrogens (tertiary/aromatic N) is 1. The van der Waals surface area contributed by atoms with Crippen LogP contribution in [-0.2, 0) is 9.47 Å². The summed E-state index contributed by atoms with van der Waals surface area (Å²) in [6, 6.07) is 0. The van der Waals surface area contributed by atoms with Crippen LogP contribution >= 0.6 is 0 Å². The van der Waals surface area contributed by atoms with Crippen molar-refractivity contribution < 1.29 is 9.47 Å². The normalized spacial score (nSPS) is 36.6. The third-order valence-electron chi connectivity index (χ3n) is 1.96. The van der Waals surface area contributed by atoms with Gasteiger partial charge in [-0.2, -0.15) is 0 Å². The van der Waals surface area contributed by atoms with Gasteiger partial charge in [-0.25, -0.2) is 4.99 Å². The Labute approximate surface area is 75.4 Å². The first-order valence-electron chi connectivity index (χ1n) is 4.11. The van der Waals surface area contributed by atoms with Crippen LogP contribution in [0.5, 0.6) is 0 Å². The van der Waals surface area contributed by atoms with E-state index in [0.29, 0.717) is 0 Å². The van der Waals surface area contributed by atoms with Crippen LogP contribution in [0.3, 0.4) is 0 Å². The van der Waals surface area contributed by atoms with Gasteiger partial charge in [0.25, 0.3) is 0 Å². The molecule has 3 aliphatic rings. The van der Waals surface area contributed by atoms with Crippen molar-refractivity contribution in [2.45, 2.75) is 6.29 Å². The standard InChI is InChI=1S/C10H7NO2/c1-2-4-6-11-8-7(5-3-1)12-10-9(8)13-10/h1-6,10H/b3-1-,4-2-,7-5+,11-6?. The molecule has 0 radical (unpaired) electrons. The highest BCUT2D eigenvalue weighted by atomic mass is 16.8. The highest BCUT2D eigenvalue weighted by Gasteiger charge is 2.47. The van der Waals surface area contributed by atoms with E-state index >= 15 is 0 Å². The average Bonchev–Trinajstić information content (AvgIpc) is 2.78. The molecule has 3 nitrogen and oxygen atoms in total. The molecule has 0 aromatic heterocycles. The number of allylic oxidation sites excluding steroid dienone is 5. The predicted octanol–water partition coefficient (Wildman–Crippen LogP) is 1.67. The molecule has 0 spiro atoms. The average molecular weight is 173 g/mol. The van der Waals surface area contributed by atoms with Crippen molar-refractivity contribution in [3.8, 4) is 0 Å². The van der Waals surface area contributed by atoms with Crippen molar-refractivity contribution in [3.63, 3.8) is 0 Å². The van der Waals surface area contributed by atoms with Crippen LogP contribution in [0.25, 0.3) is 0 Å². The Morgan fingerprint density at radius 2 is 2.00 bits per heavy atom. The van der Waals surface area contributed by atoms with Crippen LogP contribution in [-0.4, -0.2) is 12.5 Å². The van der Waals surface area contributed by atoms with Crippen LogP contribution in [0.15, 0.2) is 52.6 Å². The van der Waals surface area contributed by atoms with Gasteiger partial charge in [0.05, 0.1) is 0 Å². The molecule has 64 valence electrons. The molecule has 0 aromatic carbocycles. The topological polar surface area (TPSA) is 34.1 Å². The molecule has 0 N–H and O–H groups in total. The summed E-state index contributed by atoms with van der Waals surface area (Å²) in [7, 11) is 0. The van der Waals surface area contributed by atoms with E-state index in [0.717, 1.165) is 17.2 Å². The molecule has 0 aliphatic carbocycles. The first-order valence-corrected chi connectivity index (χ1v) is 4.11. The lowest BCUT2D eigenvalue weighted by Gasteiger charge is -2.00. The molecule has 0 bridgehead atoms. The smallest absolute Gasteiger partial charge is 0.302 e. The second-order valence-corrected chi connectivity index (χ2v) is 2.86. The second kappa shape index (κ2) is 2.36. The number of ether oxygens (including phenoxy) is 2.